The fourth-order valence-electron chi connectivity index (χ4n) is 6.97. The molecule has 1 spiro atoms. The third-order valence-electron chi connectivity index (χ3n) is 8.22. The zero-order valence-corrected chi connectivity index (χ0v) is 18.8. The molecule has 0 N–H and O–H groups in total. The van der Waals surface area contributed by atoms with E-state index in [2.05, 4.69) is 26.0 Å². The SMILES string of the molecule is CCSc1cc2c(cc1OCOC)CCC1C2CC[C@@]2(C)C1CCC21OCCO1. The van der Waals surface area contributed by atoms with Crippen molar-refractivity contribution in [3.8, 4) is 5.75 Å². The molecule has 5 heteroatoms. The maximum atomic E-state index is 6.27. The second-order valence-corrected chi connectivity index (χ2v) is 10.6. The first-order valence-corrected chi connectivity index (χ1v) is 12.3. The number of aryl methyl sites for hydroxylation is 1. The molecule has 1 saturated heterocycles. The smallest absolute Gasteiger partial charge is 0.188 e. The quantitative estimate of drug-likeness (QED) is 0.474. The average molecular weight is 419 g/mol. The summed E-state index contributed by atoms with van der Waals surface area (Å²) in [7, 11) is 1.68. The minimum atomic E-state index is -0.302. The van der Waals surface area contributed by atoms with Crippen LogP contribution in [0, 0.1) is 17.3 Å². The second-order valence-electron chi connectivity index (χ2n) is 9.34. The van der Waals surface area contributed by atoms with Gasteiger partial charge in [-0.3, -0.25) is 0 Å². The zero-order chi connectivity index (χ0) is 20.1. The molecule has 3 fully saturated rings. The predicted molar refractivity (Wildman–Crippen MR) is 115 cm³/mol. The Hall–Kier alpha value is -0.750. The highest BCUT2D eigenvalue weighted by molar-refractivity contribution is 7.99. The van der Waals surface area contributed by atoms with Gasteiger partial charge in [0.2, 0.25) is 0 Å². The number of fused-ring (bicyclic) bond motifs is 6. The molecule has 3 unspecified atom stereocenters. The van der Waals surface area contributed by atoms with Gasteiger partial charge >= 0.3 is 0 Å². The molecule has 4 aliphatic rings. The highest BCUT2D eigenvalue weighted by Crippen LogP contribution is 2.66. The average Bonchev–Trinajstić information content (AvgIpc) is 3.32. The van der Waals surface area contributed by atoms with Crippen molar-refractivity contribution >= 4 is 11.8 Å². The number of thioether (sulfide) groups is 1. The molecule has 1 heterocycles. The highest BCUT2D eigenvalue weighted by atomic mass is 32.2. The fourth-order valence-corrected chi connectivity index (χ4v) is 7.75. The van der Waals surface area contributed by atoms with Gasteiger partial charge in [0.25, 0.3) is 0 Å². The molecule has 2 saturated carbocycles. The molecule has 29 heavy (non-hydrogen) atoms. The summed E-state index contributed by atoms with van der Waals surface area (Å²) < 4.78 is 23.6. The van der Waals surface area contributed by atoms with Crippen LogP contribution in [-0.4, -0.2) is 38.7 Å². The van der Waals surface area contributed by atoms with Crippen LogP contribution >= 0.6 is 11.8 Å². The van der Waals surface area contributed by atoms with Gasteiger partial charge in [-0.1, -0.05) is 13.8 Å². The van der Waals surface area contributed by atoms with Crippen LogP contribution in [0.25, 0.3) is 0 Å². The van der Waals surface area contributed by atoms with E-state index < -0.39 is 0 Å². The van der Waals surface area contributed by atoms with Gasteiger partial charge in [0.05, 0.1) is 13.2 Å². The van der Waals surface area contributed by atoms with E-state index in [1.165, 1.54) is 36.1 Å². The van der Waals surface area contributed by atoms with Crippen LogP contribution in [0.15, 0.2) is 17.0 Å². The van der Waals surface area contributed by atoms with Crippen LogP contribution in [-0.2, 0) is 20.6 Å². The molecular formula is C24H34O4S. The summed E-state index contributed by atoms with van der Waals surface area (Å²) in [5.74, 6) is 3.86. The highest BCUT2D eigenvalue weighted by Gasteiger charge is 2.65. The molecule has 0 radical (unpaired) electrons. The van der Waals surface area contributed by atoms with E-state index in [-0.39, 0.29) is 11.2 Å². The largest absolute Gasteiger partial charge is 0.466 e. The topological polar surface area (TPSA) is 36.9 Å². The van der Waals surface area contributed by atoms with E-state index in [0.717, 1.165) is 43.5 Å². The van der Waals surface area contributed by atoms with E-state index in [4.69, 9.17) is 18.9 Å². The van der Waals surface area contributed by atoms with Crippen molar-refractivity contribution in [3.63, 3.8) is 0 Å². The van der Waals surface area contributed by atoms with Gasteiger partial charge in [-0.25, -0.2) is 0 Å². The van der Waals surface area contributed by atoms with Gasteiger partial charge < -0.3 is 18.9 Å². The third-order valence-corrected chi connectivity index (χ3v) is 9.14. The lowest BCUT2D eigenvalue weighted by Crippen LogP contribution is -2.51. The maximum Gasteiger partial charge on any atom is 0.188 e. The monoisotopic (exact) mass is 418 g/mol. The molecule has 0 bridgehead atoms. The van der Waals surface area contributed by atoms with Crippen molar-refractivity contribution in [2.75, 3.05) is 32.9 Å². The number of methoxy groups -OCH3 is 1. The van der Waals surface area contributed by atoms with Crippen LogP contribution in [0.5, 0.6) is 5.75 Å². The minimum absolute atomic E-state index is 0.171. The van der Waals surface area contributed by atoms with Crippen molar-refractivity contribution in [2.24, 2.45) is 17.3 Å². The van der Waals surface area contributed by atoms with Crippen LogP contribution in [0.4, 0.5) is 0 Å². The number of hydrogen-bond donors (Lipinski definition) is 0. The molecule has 160 valence electrons. The van der Waals surface area contributed by atoms with Crippen LogP contribution in [0.1, 0.15) is 63.0 Å². The lowest BCUT2D eigenvalue weighted by molar-refractivity contribution is -0.237. The lowest BCUT2D eigenvalue weighted by Gasteiger charge is -2.52. The van der Waals surface area contributed by atoms with Crippen molar-refractivity contribution in [3.05, 3.63) is 23.3 Å². The summed E-state index contributed by atoms with van der Waals surface area (Å²) in [4.78, 5) is 1.27. The standard InChI is InChI=1S/C24H34O4S/c1-4-29-22-14-19-16(13-21(22)26-15-25-3)5-6-18-17(19)7-9-23(2)20(18)8-10-24(23)27-11-12-28-24/h13-14,17-18,20H,4-12,15H2,1-3H3/t17?,18?,20?,23-/m0/s1. The number of benzene rings is 1. The van der Waals surface area contributed by atoms with Gasteiger partial charge in [0, 0.05) is 23.8 Å². The third kappa shape index (κ3) is 3.07. The van der Waals surface area contributed by atoms with Gasteiger partial charge in [-0.2, -0.15) is 0 Å². The normalized spacial score (nSPS) is 34.7. The first-order valence-electron chi connectivity index (χ1n) is 11.3. The Morgan fingerprint density at radius 3 is 2.72 bits per heavy atom. The lowest BCUT2D eigenvalue weighted by atomic mass is 9.55. The molecule has 5 rings (SSSR count). The Labute approximate surface area is 179 Å². The molecule has 3 aliphatic carbocycles. The summed E-state index contributed by atoms with van der Waals surface area (Å²) in [5, 5.41) is 0. The van der Waals surface area contributed by atoms with E-state index in [9.17, 15) is 0 Å². The molecule has 1 aliphatic heterocycles. The molecule has 0 aromatic heterocycles. The van der Waals surface area contributed by atoms with Gasteiger partial charge in [0.1, 0.15) is 5.75 Å². The van der Waals surface area contributed by atoms with Crippen molar-refractivity contribution < 1.29 is 18.9 Å². The molecular weight excluding hydrogens is 384 g/mol. The molecule has 1 aromatic rings. The number of hydrogen-bond acceptors (Lipinski definition) is 5. The van der Waals surface area contributed by atoms with E-state index in [1.807, 2.05) is 11.8 Å². The second kappa shape index (κ2) is 7.74. The summed E-state index contributed by atoms with van der Waals surface area (Å²) >= 11 is 1.88. The zero-order valence-electron chi connectivity index (χ0n) is 18.0. The van der Waals surface area contributed by atoms with Crippen molar-refractivity contribution in [1.82, 2.24) is 0 Å². The van der Waals surface area contributed by atoms with Crippen molar-refractivity contribution in [1.29, 1.82) is 0 Å². The predicted octanol–water partition coefficient (Wildman–Crippen LogP) is 5.38. The summed E-state index contributed by atoms with van der Waals surface area (Å²) in [6, 6.07) is 4.75. The summed E-state index contributed by atoms with van der Waals surface area (Å²) in [5.41, 5.74) is 3.24. The Morgan fingerprint density at radius 1 is 1.14 bits per heavy atom. The van der Waals surface area contributed by atoms with Gasteiger partial charge in [0.15, 0.2) is 12.6 Å². The van der Waals surface area contributed by atoms with Crippen LogP contribution in [0.3, 0.4) is 0 Å². The number of rotatable bonds is 5. The molecule has 0 amide bonds. The van der Waals surface area contributed by atoms with E-state index >= 15 is 0 Å². The van der Waals surface area contributed by atoms with Crippen LogP contribution < -0.4 is 4.74 Å². The van der Waals surface area contributed by atoms with E-state index in [1.54, 1.807) is 12.7 Å². The van der Waals surface area contributed by atoms with E-state index in [0.29, 0.717) is 18.6 Å². The Kier molecular flexibility index (Phi) is 5.38. The first kappa shape index (κ1) is 20.2. The molecule has 4 nitrogen and oxygen atoms in total. The number of ether oxygens (including phenoxy) is 4. The molecule has 4 atom stereocenters. The minimum Gasteiger partial charge on any atom is -0.466 e. The first-order chi connectivity index (χ1) is 14.1. The Morgan fingerprint density at radius 2 is 1.97 bits per heavy atom. The molecule has 1 aromatic carbocycles. The Bertz CT molecular complexity index is 759. The summed E-state index contributed by atoms with van der Waals surface area (Å²) in [6.45, 7) is 6.51. The summed E-state index contributed by atoms with van der Waals surface area (Å²) in [6.07, 6.45) is 7.20. The fraction of sp³-hybridized carbons (Fsp3) is 0.750. The van der Waals surface area contributed by atoms with Crippen molar-refractivity contribution in [2.45, 2.75) is 69.0 Å². The van der Waals surface area contributed by atoms with Crippen LogP contribution in [0.2, 0.25) is 0 Å². The van der Waals surface area contributed by atoms with Gasteiger partial charge in [-0.05, 0) is 78.9 Å². The maximum absolute atomic E-state index is 6.27. The Balaban J connectivity index is 1.46. The van der Waals surface area contributed by atoms with Gasteiger partial charge in [-0.15, -0.1) is 11.8 Å².